The van der Waals surface area contributed by atoms with Crippen LogP contribution in [0.3, 0.4) is 0 Å². The molecular formula is C27H27N3O3S2. The summed E-state index contributed by atoms with van der Waals surface area (Å²) in [5, 5.41) is 0. The number of aromatic nitrogens is 1. The minimum atomic E-state index is -3.72. The number of amides is 1. The first-order valence-electron chi connectivity index (χ1n) is 11.7. The predicted molar refractivity (Wildman–Crippen MR) is 141 cm³/mol. The normalized spacial score (nSPS) is 14.4. The van der Waals surface area contributed by atoms with Crippen molar-refractivity contribution < 1.29 is 13.2 Å². The number of aryl methyl sites for hydroxylation is 4. The Morgan fingerprint density at radius 3 is 2.46 bits per heavy atom. The Hall–Kier alpha value is -3.23. The van der Waals surface area contributed by atoms with Gasteiger partial charge in [-0.3, -0.25) is 9.10 Å². The average molecular weight is 506 g/mol. The molecule has 0 atom stereocenters. The van der Waals surface area contributed by atoms with Crippen molar-refractivity contribution in [3.8, 4) is 0 Å². The maximum absolute atomic E-state index is 13.4. The Kier molecular flexibility index (Phi) is 6.11. The van der Waals surface area contributed by atoms with E-state index >= 15 is 0 Å². The molecule has 1 aliphatic rings. The van der Waals surface area contributed by atoms with Crippen LogP contribution in [0.5, 0.6) is 0 Å². The molecule has 4 aromatic rings. The van der Waals surface area contributed by atoms with Crippen molar-refractivity contribution in [3.63, 3.8) is 0 Å². The monoisotopic (exact) mass is 505 g/mol. The molecule has 0 spiro atoms. The van der Waals surface area contributed by atoms with Gasteiger partial charge in [0.05, 0.1) is 20.8 Å². The number of thiazole rings is 1. The first-order valence-corrected chi connectivity index (χ1v) is 14.0. The highest BCUT2D eigenvalue weighted by atomic mass is 32.2. The molecule has 0 radical (unpaired) electrons. The number of hydrogen-bond donors (Lipinski definition) is 0. The largest absolute Gasteiger partial charge is 0.316 e. The van der Waals surface area contributed by atoms with Crippen LogP contribution in [0.4, 0.5) is 5.69 Å². The molecule has 180 valence electrons. The van der Waals surface area contributed by atoms with E-state index in [1.54, 1.807) is 12.1 Å². The van der Waals surface area contributed by atoms with Crippen LogP contribution in [0.15, 0.2) is 70.6 Å². The number of anilines is 1. The molecule has 0 aliphatic carbocycles. The molecule has 0 unspecified atom stereocenters. The van der Waals surface area contributed by atoms with Gasteiger partial charge >= 0.3 is 0 Å². The second-order valence-corrected chi connectivity index (χ2v) is 11.6. The molecule has 1 amide bonds. The molecule has 3 aromatic carbocycles. The van der Waals surface area contributed by atoms with E-state index in [-0.39, 0.29) is 10.8 Å². The summed E-state index contributed by atoms with van der Waals surface area (Å²) in [5.41, 5.74) is 5.52. The van der Waals surface area contributed by atoms with Gasteiger partial charge in [0.1, 0.15) is 0 Å². The summed E-state index contributed by atoms with van der Waals surface area (Å²) < 4.78 is 31.4. The lowest BCUT2D eigenvalue weighted by molar-refractivity contribution is 0.0997. The third-order valence-electron chi connectivity index (χ3n) is 6.49. The van der Waals surface area contributed by atoms with E-state index in [1.807, 2.05) is 31.2 Å². The lowest BCUT2D eigenvalue weighted by Gasteiger charge is -2.30. The highest BCUT2D eigenvalue weighted by molar-refractivity contribution is 7.92. The van der Waals surface area contributed by atoms with Crippen molar-refractivity contribution in [3.05, 3.63) is 87.7 Å². The summed E-state index contributed by atoms with van der Waals surface area (Å²) in [6, 6.07) is 17.9. The topological polar surface area (TPSA) is 71.7 Å². The molecule has 8 heteroatoms. The third-order valence-corrected chi connectivity index (χ3v) is 9.54. The summed E-state index contributed by atoms with van der Waals surface area (Å²) in [5.74, 6) is -0.388. The summed E-state index contributed by atoms with van der Waals surface area (Å²) in [6.07, 6.45) is 1.64. The van der Waals surface area contributed by atoms with Gasteiger partial charge in [0.25, 0.3) is 15.9 Å². The van der Waals surface area contributed by atoms with E-state index < -0.39 is 10.0 Å². The zero-order valence-corrected chi connectivity index (χ0v) is 21.6. The number of carbonyl (C=O) groups excluding carboxylic acids is 1. The number of sulfonamides is 1. The minimum absolute atomic E-state index is 0.169. The van der Waals surface area contributed by atoms with Crippen LogP contribution in [-0.4, -0.2) is 25.4 Å². The Morgan fingerprint density at radius 2 is 1.71 bits per heavy atom. The molecule has 0 bridgehead atoms. The lowest BCUT2D eigenvalue weighted by Crippen LogP contribution is -2.35. The smallest absolute Gasteiger partial charge is 0.279 e. The number of nitrogens with zero attached hydrogens (tertiary/aromatic N) is 3. The van der Waals surface area contributed by atoms with E-state index in [1.165, 1.54) is 27.8 Å². The van der Waals surface area contributed by atoms with Gasteiger partial charge in [0, 0.05) is 18.7 Å². The maximum Gasteiger partial charge on any atom is 0.279 e. The van der Waals surface area contributed by atoms with Gasteiger partial charge in [-0.05, 0) is 80.6 Å². The van der Waals surface area contributed by atoms with Crippen LogP contribution in [0.1, 0.15) is 40.4 Å². The molecule has 0 saturated heterocycles. The van der Waals surface area contributed by atoms with Gasteiger partial charge in [-0.2, -0.15) is 4.99 Å². The minimum Gasteiger partial charge on any atom is -0.316 e. The van der Waals surface area contributed by atoms with Gasteiger partial charge in [-0.1, -0.05) is 41.7 Å². The second-order valence-electron chi connectivity index (χ2n) is 8.76. The van der Waals surface area contributed by atoms with Crippen LogP contribution in [0.2, 0.25) is 0 Å². The zero-order chi connectivity index (χ0) is 24.7. The molecule has 1 aromatic heterocycles. The summed E-state index contributed by atoms with van der Waals surface area (Å²) in [4.78, 5) is 18.2. The molecule has 1 aliphatic heterocycles. The Bertz CT molecular complexity index is 1610. The number of para-hydroxylation sites is 1. The fraction of sp³-hybridized carbons (Fsp3) is 0.259. The molecule has 2 heterocycles. The predicted octanol–water partition coefficient (Wildman–Crippen LogP) is 5.22. The quantitative estimate of drug-likeness (QED) is 0.382. The van der Waals surface area contributed by atoms with Gasteiger partial charge in [-0.25, -0.2) is 8.42 Å². The fourth-order valence-corrected chi connectivity index (χ4v) is 7.43. The number of hydrogen-bond acceptors (Lipinski definition) is 4. The molecule has 35 heavy (non-hydrogen) atoms. The molecule has 6 nitrogen and oxygen atoms in total. The maximum atomic E-state index is 13.4. The van der Waals surface area contributed by atoms with Crippen molar-refractivity contribution >= 4 is 43.2 Å². The standard InChI is InChI=1S/C27H27N3O3S2/c1-4-29-24-18(2)11-12-19(3)25(24)34-27(29)28-26(31)21-13-15-22(16-14-21)35(32,33)30-17-7-9-20-8-5-6-10-23(20)30/h5-6,8,10-16H,4,7,9,17H2,1-3H3. The highest BCUT2D eigenvalue weighted by Crippen LogP contribution is 2.32. The Labute approximate surface area is 209 Å². The fourth-order valence-electron chi connectivity index (χ4n) is 4.65. The van der Waals surface area contributed by atoms with Gasteiger partial charge in [-0.15, -0.1) is 0 Å². The first-order chi connectivity index (χ1) is 16.8. The number of carbonyl (C=O) groups is 1. The van der Waals surface area contributed by atoms with Crippen molar-refractivity contribution in [1.29, 1.82) is 0 Å². The number of fused-ring (bicyclic) bond motifs is 2. The molecular weight excluding hydrogens is 478 g/mol. The zero-order valence-electron chi connectivity index (χ0n) is 20.0. The van der Waals surface area contributed by atoms with Crippen molar-refractivity contribution in [2.75, 3.05) is 10.8 Å². The average Bonchev–Trinajstić information content (AvgIpc) is 3.25. The molecule has 0 fully saturated rings. The van der Waals surface area contributed by atoms with E-state index in [9.17, 15) is 13.2 Å². The van der Waals surface area contributed by atoms with Crippen molar-refractivity contribution in [2.24, 2.45) is 4.99 Å². The van der Waals surface area contributed by atoms with Gasteiger partial charge < -0.3 is 4.57 Å². The van der Waals surface area contributed by atoms with E-state index in [4.69, 9.17) is 0 Å². The lowest BCUT2D eigenvalue weighted by atomic mass is 10.0. The summed E-state index contributed by atoms with van der Waals surface area (Å²) in [7, 11) is -3.72. The Morgan fingerprint density at radius 1 is 1.00 bits per heavy atom. The summed E-state index contributed by atoms with van der Waals surface area (Å²) in [6.45, 7) is 7.30. The van der Waals surface area contributed by atoms with E-state index in [0.717, 1.165) is 45.4 Å². The van der Waals surface area contributed by atoms with Crippen LogP contribution < -0.4 is 9.11 Å². The SMILES string of the molecule is CCn1c(=NC(=O)c2ccc(S(=O)(=O)N3CCCc4ccccc43)cc2)sc2c(C)ccc(C)c21. The number of benzene rings is 3. The third kappa shape index (κ3) is 4.10. The molecule has 0 N–H and O–H groups in total. The first kappa shape index (κ1) is 23.5. The second kappa shape index (κ2) is 9.09. The van der Waals surface area contributed by atoms with Gasteiger partial charge in [0.15, 0.2) is 4.80 Å². The molecule has 0 saturated carbocycles. The van der Waals surface area contributed by atoms with Crippen LogP contribution in [-0.2, 0) is 23.0 Å². The van der Waals surface area contributed by atoms with Gasteiger partial charge in [0.2, 0.25) is 0 Å². The summed E-state index contributed by atoms with van der Waals surface area (Å²) >= 11 is 1.50. The number of rotatable bonds is 4. The van der Waals surface area contributed by atoms with Crippen molar-refractivity contribution in [1.82, 2.24) is 4.57 Å². The highest BCUT2D eigenvalue weighted by Gasteiger charge is 2.29. The van der Waals surface area contributed by atoms with Crippen LogP contribution in [0, 0.1) is 13.8 Å². The Balaban J connectivity index is 1.48. The van der Waals surface area contributed by atoms with Crippen LogP contribution >= 0.6 is 11.3 Å². The van der Waals surface area contributed by atoms with E-state index in [2.05, 4.69) is 35.5 Å². The molecule has 5 rings (SSSR count). The van der Waals surface area contributed by atoms with Crippen molar-refractivity contribution in [2.45, 2.75) is 45.1 Å². The van der Waals surface area contributed by atoms with Crippen LogP contribution in [0.25, 0.3) is 10.2 Å². The van der Waals surface area contributed by atoms with E-state index in [0.29, 0.717) is 23.5 Å².